The molecular weight excluding hydrogens is 474 g/mol. The highest BCUT2D eigenvalue weighted by molar-refractivity contribution is 14.1. The lowest BCUT2D eigenvalue weighted by Gasteiger charge is -2.33. The van der Waals surface area contributed by atoms with Crippen LogP contribution in [0.4, 0.5) is 18.9 Å². The van der Waals surface area contributed by atoms with E-state index in [1.165, 1.54) is 16.6 Å². The molecular formula is C14H17F3IN3O3S. The Bertz CT molecular complexity index is 747. The predicted octanol–water partition coefficient (Wildman–Crippen LogP) is 1.87. The Balaban J connectivity index is 1.96. The third kappa shape index (κ3) is 5.79. The number of anilines is 1. The van der Waals surface area contributed by atoms with Crippen molar-refractivity contribution in [3.8, 4) is 0 Å². The fourth-order valence-corrected chi connectivity index (χ4v) is 3.97. The highest BCUT2D eigenvalue weighted by Gasteiger charge is 2.38. The summed E-state index contributed by atoms with van der Waals surface area (Å²) in [6.45, 7) is 2.54. The first-order valence-electron chi connectivity index (χ1n) is 7.31. The monoisotopic (exact) mass is 491 g/mol. The van der Waals surface area contributed by atoms with E-state index in [1.54, 1.807) is 12.1 Å². The van der Waals surface area contributed by atoms with Crippen molar-refractivity contribution in [3.05, 3.63) is 27.3 Å². The van der Waals surface area contributed by atoms with Gasteiger partial charge in [0.1, 0.15) is 0 Å². The van der Waals surface area contributed by atoms with Gasteiger partial charge in [0.15, 0.2) is 0 Å². The molecule has 0 saturated carbocycles. The molecule has 6 nitrogen and oxygen atoms in total. The summed E-state index contributed by atoms with van der Waals surface area (Å²) in [5.74, 6) is -2.00. The van der Waals surface area contributed by atoms with E-state index in [4.69, 9.17) is 0 Å². The molecule has 1 aromatic carbocycles. The van der Waals surface area contributed by atoms with E-state index in [0.29, 0.717) is 36.3 Å². The second-order valence-electron chi connectivity index (χ2n) is 5.70. The Kier molecular flexibility index (Phi) is 6.33. The summed E-state index contributed by atoms with van der Waals surface area (Å²) in [7, 11) is -3.18. The van der Waals surface area contributed by atoms with E-state index >= 15 is 0 Å². The van der Waals surface area contributed by atoms with Crippen molar-refractivity contribution in [1.29, 1.82) is 0 Å². The van der Waals surface area contributed by atoms with Gasteiger partial charge in [-0.15, -0.1) is 0 Å². The van der Waals surface area contributed by atoms with Gasteiger partial charge in [0.25, 0.3) is 0 Å². The number of rotatable bonds is 4. The van der Waals surface area contributed by atoms with Gasteiger partial charge in [0.05, 0.1) is 11.9 Å². The van der Waals surface area contributed by atoms with E-state index in [9.17, 15) is 26.4 Å². The highest BCUT2D eigenvalue weighted by atomic mass is 127. The summed E-state index contributed by atoms with van der Waals surface area (Å²) in [5.41, 5.74) is 0.982. The first kappa shape index (κ1) is 20.4. The lowest BCUT2D eigenvalue weighted by Crippen LogP contribution is -2.47. The second-order valence-corrected chi connectivity index (χ2v) is 8.85. The molecule has 0 atom stereocenters. The van der Waals surface area contributed by atoms with Crippen LogP contribution in [0.3, 0.4) is 0 Å². The van der Waals surface area contributed by atoms with Crippen LogP contribution >= 0.6 is 22.6 Å². The van der Waals surface area contributed by atoms with Crippen molar-refractivity contribution in [2.45, 2.75) is 12.7 Å². The summed E-state index contributed by atoms with van der Waals surface area (Å²) in [4.78, 5) is 13.1. The molecule has 0 unspecified atom stereocenters. The SMILES string of the molecule is CS(=O)(=O)N1CCN(Cc2ccc(NC(=O)C(F)(F)F)c(I)c2)CC1. The molecule has 1 saturated heterocycles. The van der Waals surface area contributed by atoms with Crippen LogP contribution in [-0.4, -0.2) is 62.1 Å². The fraction of sp³-hybridized carbons (Fsp3) is 0.500. The second kappa shape index (κ2) is 7.76. The van der Waals surface area contributed by atoms with Crippen LogP contribution in [0.1, 0.15) is 5.56 Å². The van der Waals surface area contributed by atoms with E-state index < -0.39 is 22.1 Å². The molecule has 1 fully saturated rings. The first-order valence-corrected chi connectivity index (χ1v) is 10.2. The van der Waals surface area contributed by atoms with Gasteiger partial charge in [0, 0.05) is 36.3 Å². The summed E-state index contributed by atoms with van der Waals surface area (Å²) >= 11 is 1.87. The first-order chi connectivity index (χ1) is 11.5. The lowest BCUT2D eigenvalue weighted by atomic mass is 10.2. The molecule has 1 N–H and O–H groups in total. The van der Waals surface area contributed by atoms with Gasteiger partial charge in [-0.3, -0.25) is 9.69 Å². The van der Waals surface area contributed by atoms with Crippen LogP contribution in [0.15, 0.2) is 18.2 Å². The lowest BCUT2D eigenvalue weighted by molar-refractivity contribution is -0.167. The Morgan fingerprint density at radius 2 is 1.84 bits per heavy atom. The Morgan fingerprint density at radius 1 is 1.24 bits per heavy atom. The number of nitrogens with one attached hydrogen (secondary N) is 1. The molecule has 1 heterocycles. The van der Waals surface area contributed by atoms with Gasteiger partial charge in [0.2, 0.25) is 10.0 Å². The minimum atomic E-state index is -4.93. The molecule has 1 aliphatic heterocycles. The number of sulfonamides is 1. The molecule has 1 aliphatic rings. The average molecular weight is 491 g/mol. The number of piperazine rings is 1. The van der Waals surface area contributed by atoms with Crippen molar-refractivity contribution >= 4 is 44.2 Å². The molecule has 1 amide bonds. The van der Waals surface area contributed by atoms with Crippen molar-refractivity contribution in [2.75, 3.05) is 37.8 Å². The van der Waals surface area contributed by atoms with Gasteiger partial charge >= 0.3 is 12.1 Å². The molecule has 0 bridgehead atoms. The molecule has 11 heteroatoms. The third-order valence-electron chi connectivity index (χ3n) is 3.75. The molecule has 0 aliphatic carbocycles. The third-order valence-corrected chi connectivity index (χ3v) is 5.94. The van der Waals surface area contributed by atoms with Gasteiger partial charge in [-0.05, 0) is 40.3 Å². The van der Waals surface area contributed by atoms with Crippen molar-refractivity contribution in [2.24, 2.45) is 0 Å². The molecule has 25 heavy (non-hydrogen) atoms. The summed E-state index contributed by atoms with van der Waals surface area (Å²) < 4.78 is 61.8. The van der Waals surface area contributed by atoms with E-state index in [2.05, 4.69) is 4.90 Å². The van der Waals surface area contributed by atoms with Crippen molar-refractivity contribution in [3.63, 3.8) is 0 Å². The van der Waals surface area contributed by atoms with E-state index in [1.807, 2.05) is 27.9 Å². The number of benzene rings is 1. The van der Waals surface area contributed by atoms with E-state index in [-0.39, 0.29) is 5.69 Å². The highest BCUT2D eigenvalue weighted by Crippen LogP contribution is 2.24. The largest absolute Gasteiger partial charge is 0.471 e. The number of hydrogen-bond acceptors (Lipinski definition) is 4. The number of nitrogens with zero attached hydrogens (tertiary/aromatic N) is 2. The number of hydrogen-bond donors (Lipinski definition) is 1. The van der Waals surface area contributed by atoms with Gasteiger partial charge in [-0.1, -0.05) is 6.07 Å². The molecule has 1 aromatic rings. The van der Waals surface area contributed by atoms with Crippen molar-refractivity contribution < 1.29 is 26.4 Å². The van der Waals surface area contributed by atoms with Crippen LogP contribution in [0, 0.1) is 3.57 Å². The van der Waals surface area contributed by atoms with Crippen molar-refractivity contribution in [1.82, 2.24) is 9.21 Å². The van der Waals surface area contributed by atoms with E-state index in [0.717, 1.165) is 5.56 Å². The smallest absolute Gasteiger partial charge is 0.317 e. The zero-order valence-electron chi connectivity index (χ0n) is 13.3. The topological polar surface area (TPSA) is 69.7 Å². The number of halogens is 4. The minimum absolute atomic E-state index is 0.105. The maximum absolute atomic E-state index is 12.3. The maximum Gasteiger partial charge on any atom is 0.471 e. The minimum Gasteiger partial charge on any atom is -0.317 e. The number of alkyl halides is 3. The Labute approximate surface area is 157 Å². The van der Waals surface area contributed by atoms with Crippen LogP contribution in [0.2, 0.25) is 0 Å². The number of amides is 1. The van der Waals surface area contributed by atoms with Gasteiger partial charge in [-0.25, -0.2) is 8.42 Å². The Morgan fingerprint density at radius 3 is 2.32 bits per heavy atom. The molecule has 0 radical (unpaired) electrons. The standard InChI is InChI=1S/C14H17F3IN3O3S/c1-25(23,24)21-6-4-20(5-7-21)9-10-2-3-12(11(18)8-10)19-13(22)14(15,16)17/h2-3,8H,4-7,9H2,1H3,(H,19,22). The summed E-state index contributed by atoms with van der Waals surface area (Å²) in [6, 6.07) is 4.79. The van der Waals surface area contributed by atoms with Gasteiger partial charge < -0.3 is 5.32 Å². The van der Waals surface area contributed by atoms with Crippen LogP contribution in [0.5, 0.6) is 0 Å². The fourth-order valence-electron chi connectivity index (χ4n) is 2.43. The van der Waals surface area contributed by atoms with Gasteiger partial charge in [-0.2, -0.15) is 17.5 Å². The molecule has 0 spiro atoms. The quantitative estimate of drug-likeness (QED) is 0.654. The van der Waals surface area contributed by atoms with Crippen LogP contribution in [-0.2, 0) is 21.4 Å². The normalized spacial score (nSPS) is 17.5. The predicted molar refractivity (Wildman–Crippen MR) is 95.5 cm³/mol. The van der Waals surface area contributed by atoms with Crippen LogP contribution < -0.4 is 5.32 Å². The molecule has 140 valence electrons. The summed E-state index contributed by atoms with van der Waals surface area (Å²) in [6.07, 6.45) is -3.75. The number of carbonyl (C=O) groups is 1. The number of carbonyl (C=O) groups excluding carboxylic acids is 1. The maximum atomic E-state index is 12.3. The summed E-state index contributed by atoms with van der Waals surface area (Å²) in [5, 5.41) is 1.85. The molecule has 0 aromatic heterocycles. The zero-order valence-corrected chi connectivity index (χ0v) is 16.3. The average Bonchev–Trinajstić information content (AvgIpc) is 2.48. The zero-order chi connectivity index (χ0) is 18.8. The molecule has 2 rings (SSSR count). The Hall–Kier alpha value is -0.920. The van der Waals surface area contributed by atoms with Crippen LogP contribution in [0.25, 0.3) is 0 Å².